The van der Waals surface area contributed by atoms with Crippen molar-refractivity contribution in [2.45, 2.75) is 51.9 Å². The first-order chi connectivity index (χ1) is 11.9. The molecule has 3 nitrogen and oxygen atoms in total. The Morgan fingerprint density at radius 3 is 2.32 bits per heavy atom. The van der Waals surface area contributed by atoms with E-state index < -0.39 is 0 Å². The van der Waals surface area contributed by atoms with Crippen LogP contribution >= 0.6 is 0 Å². The Hall–Kier alpha value is -1.78. The van der Waals surface area contributed by atoms with Crippen molar-refractivity contribution in [1.29, 1.82) is 0 Å². The van der Waals surface area contributed by atoms with E-state index in [2.05, 4.69) is 81.1 Å². The van der Waals surface area contributed by atoms with E-state index >= 15 is 0 Å². The molecular formula is C21H26BNO2. The summed E-state index contributed by atoms with van der Waals surface area (Å²) in [6, 6.07) is 17.3. The topological polar surface area (TPSA) is 21.7 Å². The summed E-state index contributed by atoms with van der Waals surface area (Å²) < 4.78 is 12.4. The molecule has 2 aromatic rings. The van der Waals surface area contributed by atoms with Crippen molar-refractivity contribution in [2.75, 3.05) is 11.4 Å². The summed E-state index contributed by atoms with van der Waals surface area (Å²) in [5.41, 5.74) is 4.61. The SMILES string of the molecule is CC1(C)OB(c2ccc3c(c2)CCN3Cc2ccccc2)OC1(C)C. The van der Waals surface area contributed by atoms with Crippen LogP contribution in [-0.2, 0) is 22.3 Å². The molecule has 0 N–H and O–H groups in total. The highest BCUT2D eigenvalue weighted by atomic mass is 16.7. The molecule has 2 aliphatic rings. The van der Waals surface area contributed by atoms with Crippen LogP contribution in [0.3, 0.4) is 0 Å². The van der Waals surface area contributed by atoms with E-state index in [1.165, 1.54) is 16.8 Å². The van der Waals surface area contributed by atoms with Crippen molar-refractivity contribution in [1.82, 2.24) is 0 Å². The lowest BCUT2D eigenvalue weighted by molar-refractivity contribution is 0.00578. The quantitative estimate of drug-likeness (QED) is 0.801. The summed E-state index contributed by atoms with van der Waals surface area (Å²) in [5.74, 6) is 0. The maximum absolute atomic E-state index is 6.20. The molecule has 0 spiro atoms. The first-order valence-electron chi connectivity index (χ1n) is 9.13. The third kappa shape index (κ3) is 2.98. The highest BCUT2D eigenvalue weighted by Crippen LogP contribution is 2.37. The normalized spacial score (nSPS) is 20.8. The molecule has 0 radical (unpaired) electrons. The molecule has 0 amide bonds. The van der Waals surface area contributed by atoms with Crippen molar-refractivity contribution < 1.29 is 9.31 Å². The van der Waals surface area contributed by atoms with Crippen molar-refractivity contribution >= 4 is 18.3 Å². The summed E-state index contributed by atoms with van der Waals surface area (Å²) in [4.78, 5) is 2.46. The van der Waals surface area contributed by atoms with Crippen LogP contribution in [0.4, 0.5) is 5.69 Å². The van der Waals surface area contributed by atoms with Gasteiger partial charge in [-0.25, -0.2) is 0 Å². The van der Waals surface area contributed by atoms with Gasteiger partial charge in [-0.05, 0) is 56.8 Å². The molecule has 0 saturated carbocycles. The second-order valence-corrected chi connectivity index (χ2v) is 8.13. The zero-order valence-electron chi connectivity index (χ0n) is 15.6. The van der Waals surface area contributed by atoms with E-state index in [9.17, 15) is 0 Å². The largest absolute Gasteiger partial charge is 0.494 e. The molecule has 1 saturated heterocycles. The second-order valence-electron chi connectivity index (χ2n) is 8.13. The monoisotopic (exact) mass is 335 g/mol. The molecule has 0 aromatic heterocycles. The molecule has 0 unspecified atom stereocenters. The van der Waals surface area contributed by atoms with Gasteiger partial charge in [0, 0.05) is 18.8 Å². The van der Waals surface area contributed by atoms with Gasteiger partial charge in [-0.3, -0.25) is 0 Å². The predicted molar refractivity (Wildman–Crippen MR) is 103 cm³/mol. The molecule has 0 atom stereocenters. The minimum Gasteiger partial charge on any atom is -0.399 e. The minimum atomic E-state index is -0.296. The molecular weight excluding hydrogens is 309 g/mol. The lowest BCUT2D eigenvalue weighted by atomic mass is 9.78. The standard InChI is InChI=1S/C21H26BNO2/c1-20(2)21(3,4)25-22(24-20)18-10-11-19-17(14-18)12-13-23(19)15-16-8-6-5-7-9-16/h5-11,14H,12-13,15H2,1-4H3. The van der Waals surface area contributed by atoms with Crippen LogP contribution in [0.5, 0.6) is 0 Å². The number of fused-ring (bicyclic) bond motifs is 1. The predicted octanol–water partition coefficient (Wildman–Crippen LogP) is 3.55. The van der Waals surface area contributed by atoms with Crippen molar-refractivity contribution in [3.8, 4) is 0 Å². The third-order valence-electron chi connectivity index (χ3n) is 5.84. The van der Waals surface area contributed by atoms with E-state index in [0.29, 0.717) is 0 Å². The summed E-state index contributed by atoms with van der Waals surface area (Å²) in [7, 11) is -0.279. The average Bonchev–Trinajstić information content (AvgIpc) is 3.06. The Morgan fingerprint density at radius 1 is 0.960 bits per heavy atom. The van der Waals surface area contributed by atoms with Crippen molar-refractivity contribution in [3.05, 3.63) is 59.7 Å². The highest BCUT2D eigenvalue weighted by molar-refractivity contribution is 6.62. The second kappa shape index (κ2) is 5.89. The van der Waals surface area contributed by atoms with Crippen LogP contribution in [0.2, 0.25) is 0 Å². The van der Waals surface area contributed by atoms with Gasteiger partial charge in [-0.1, -0.05) is 42.5 Å². The van der Waals surface area contributed by atoms with Crippen LogP contribution in [0, 0.1) is 0 Å². The molecule has 1 fully saturated rings. The number of hydrogen-bond acceptors (Lipinski definition) is 3. The molecule has 4 heteroatoms. The van der Waals surface area contributed by atoms with Crippen LogP contribution in [0.15, 0.2) is 48.5 Å². The van der Waals surface area contributed by atoms with E-state index in [1.54, 1.807) is 0 Å². The van der Waals surface area contributed by atoms with E-state index in [-0.39, 0.29) is 18.3 Å². The van der Waals surface area contributed by atoms with Gasteiger partial charge in [0.1, 0.15) is 0 Å². The molecule has 2 aliphatic heterocycles. The molecule has 2 aromatic carbocycles. The zero-order valence-corrected chi connectivity index (χ0v) is 15.6. The average molecular weight is 335 g/mol. The first kappa shape index (κ1) is 16.7. The van der Waals surface area contributed by atoms with Crippen LogP contribution < -0.4 is 10.4 Å². The molecule has 0 aliphatic carbocycles. The Kier molecular flexibility index (Phi) is 3.93. The molecule has 130 valence electrons. The van der Waals surface area contributed by atoms with Gasteiger partial charge in [-0.2, -0.15) is 0 Å². The fraction of sp³-hybridized carbons (Fsp3) is 0.429. The maximum atomic E-state index is 6.20. The van der Waals surface area contributed by atoms with Gasteiger partial charge < -0.3 is 14.2 Å². The Morgan fingerprint density at radius 2 is 1.64 bits per heavy atom. The fourth-order valence-electron chi connectivity index (χ4n) is 3.58. The van der Waals surface area contributed by atoms with Gasteiger partial charge in [0.2, 0.25) is 0 Å². The van der Waals surface area contributed by atoms with Crippen molar-refractivity contribution in [2.24, 2.45) is 0 Å². The molecule has 4 rings (SSSR count). The van der Waals surface area contributed by atoms with Crippen LogP contribution in [0.1, 0.15) is 38.8 Å². The highest BCUT2D eigenvalue weighted by Gasteiger charge is 2.51. The number of benzene rings is 2. The summed E-state index contributed by atoms with van der Waals surface area (Å²) in [5, 5.41) is 0. The summed E-state index contributed by atoms with van der Waals surface area (Å²) in [6.07, 6.45) is 1.08. The Labute approximate surface area is 151 Å². The molecule has 25 heavy (non-hydrogen) atoms. The van der Waals surface area contributed by atoms with Crippen LogP contribution in [-0.4, -0.2) is 24.9 Å². The number of hydrogen-bond donors (Lipinski definition) is 0. The molecule has 2 heterocycles. The number of rotatable bonds is 3. The zero-order chi connectivity index (χ0) is 17.7. The van der Waals surface area contributed by atoms with E-state index in [0.717, 1.165) is 25.0 Å². The smallest absolute Gasteiger partial charge is 0.399 e. The van der Waals surface area contributed by atoms with Crippen molar-refractivity contribution in [3.63, 3.8) is 0 Å². The molecule has 0 bridgehead atoms. The maximum Gasteiger partial charge on any atom is 0.494 e. The Bertz CT molecular complexity index is 757. The third-order valence-corrected chi connectivity index (χ3v) is 5.84. The summed E-state index contributed by atoms with van der Waals surface area (Å²) in [6.45, 7) is 10.4. The van der Waals surface area contributed by atoms with Gasteiger partial charge in [0.15, 0.2) is 0 Å². The van der Waals surface area contributed by atoms with Gasteiger partial charge >= 0.3 is 7.12 Å². The minimum absolute atomic E-state index is 0.279. The first-order valence-corrected chi connectivity index (χ1v) is 9.13. The number of anilines is 1. The van der Waals surface area contributed by atoms with Gasteiger partial charge in [0.05, 0.1) is 11.2 Å². The van der Waals surface area contributed by atoms with Gasteiger partial charge in [-0.15, -0.1) is 0 Å². The van der Waals surface area contributed by atoms with E-state index in [1.807, 2.05) is 0 Å². The fourth-order valence-corrected chi connectivity index (χ4v) is 3.58. The lowest BCUT2D eigenvalue weighted by Crippen LogP contribution is -2.41. The van der Waals surface area contributed by atoms with Gasteiger partial charge in [0.25, 0.3) is 0 Å². The number of nitrogens with zero attached hydrogens (tertiary/aromatic N) is 1. The van der Waals surface area contributed by atoms with E-state index in [4.69, 9.17) is 9.31 Å². The van der Waals surface area contributed by atoms with Crippen LogP contribution in [0.25, 0.3) is 0 Å². The lowest BCUT2D eigenvalue weighted by Gasteiger charge is -2.32. The summed E-state index contributed by atoms with van der Waals surface area (Å²) >= 11 is 0. The Balaban J connectivity index is 1.54.